The van der Waals surface area contributed by atoms with Crippen LogP contribution in [0.1, 0.15) is 118 Å². The van der Waals surface area contributed by atoms with Crippen LogP contribution in [0.2, 0.25) is 0 Å². The summed E-state index contributed by atoms with van der Waals surface area (Å²) in [4.78, 5) is 34.8. The highest BCUT2D eigenvalue weighted by molar-refractivity contribution is 7.98. The molecule has 3 unspecified atom stereocenters. The number of aromatic nitrogens is 3. The van der Waals surface area contributed by atoms with Gasteiger partial charge in [0.2, 0.25) is 0 Å². The highest BCUT2D eigenvalue weighted by Gasteiger charge is 2.59. The molecule has 3 aromatic heterocycles. The number of pyridine rings is 2. The van der Waals surface area contributed by atoms with E-state index < -0.39 is 17.3 Å². The second kappa shape index (κ2) is 21.5. The van der Waals surface area contributed by atoms with Gasteiger partial charge in [-0.05, 0) is 135 Å². The van der Waals surface area contributed by atoms with E-state index in [4.69, 9.17) is 14.2 Å². The van der Waals surface area contributed by atoms with Crippen LogP contribution in [0.3, 0.4) is 0 Å². The van der Waals surface area contributed by atoms with E-state index >= 15 is 0 Å². The van der Waals surface area contributed by atoms with Crippen LogP contribution in [0.4, 0.5) is 21.6 Å². The van der Waals surface area contributed by atoms with Gasteiger partial charge in [0, 0.05) is 93.2 Å². The van der Waals surface area contributed by atoms with E-state index in [-0.39, 0.29) is 38.8 Å². The number of anilines is 2. The molecule has 17 heteroatoms. The smallest absolute Gasteiger partial charge is 0.265 e. The number of methoxy groups -OCH3 is 2. The molecule has 4 atom stereocenters. The predicted molar refractivity (Wildman–Crippen MR) is 295 cm³/mol. The normalized spacial score (nSPS) is 24.0. The maximum Gasteiger partial charge on any atom is 0.265 e. The zero-order valence-corrected chi connectivity index (χ0v) is 45.4. The molecule has 2 aliphatic heterocycles. The van der Waals surface area contributed by atoms with Crippen LogP contribution < -0.4 is 34.2 Å². The standard InChI is InChI=1S/C59H72FN9O6S/c1-36(2)43-9-7-8-10-44(43)51-35-68(34-38-11-14-41(73-5)15-12-38)48-28-49(48)69(51)40-29-59(30-40)21-23-67(24-22-59)39-13-16-45(52(25-39)75-53-27-46-47(60)33-63-54(46)64-57(53)74-6)56(70)65-76-42-26-50(66(4)72)55(62-32-42)61-31-37-17-19-58(3,71)20-18-37/h7-16,25-27,32-33,36-37,40,48-49,51,66,71H,17-24,28-31,34-35H2,1-6H3,(H,61,62)(H,63,64)(H,65,70)/t37?,48?,49?,51-,58?/m0/s1. The predicted octanol–water partition coefficient (Wildman–Crippen LogP) is 9.91. The SMILES string of the molecule is COc1ccc(CN2C[C@@H](c3ccccc3C(C)C)N(C3CC4(CCN(c5ccc(C(=O)NSc6cnc(NCC7CCC(C)(O)CC7)c([NH+](C)[O-])c6)c(Oc6cc7c(F)c[nH]c7nc6OC)c5)CC4)C3)C3CC32)cc1. The number of H-pyrrole nitrogens is 1. The molecule has 11 rings (SSSR count). The molecule has 1 amide bonds. The number of hydroxylamine groups is 1. The molecule has 3 saturated carbocycles. The molecular weight excluding hydrogens is 982 g/mol. The first-order valence-electron chi connectivity index (χ1n) is 27.1. The Morgan fingerprint density at radius 2 is 1.75 bits per heavy atom. The number of nitrogens with one attached hydrogen (secondary N) is 4. The molecular formula is C59H72FN9O6S. The lowest BCUT2D eigenvalue weighted by Gasteiger charge is -2.58. The zero-order chi connectivity index (χ0) is 52.9. The third kappa shape index (κ3) is 10.8. The lowest BCUT2D eigenvalue weighted by Crippen LogP contribution is -2.98. The molecule has 6 aromatic rings. The number of benzene rings is 3. The van der Waals surface area contributed by atoms with E-state index in [0.717, 1.165) is 88.1 Å². The molecule has 3 aliphatic carbocycles. The van der Waals surface area contributed by atoms with Crippen molar-refractivity contribution in [2.24, 2.45) is 11.3 Å². The summed E-state index contributed by atoms with van der Waals surface area (Å²) in [6, 6.07) is 28.6. The Balaban J connectivity index is 0.788. The number of halogens is 1. The molecule has 2 saturated heterocycles. The molecule has 402 valence electrons. The number of quaternary nitrogens is 1. The topological polar surface area (TPSA) is 168 Å². The number of piperidine rings is 1. The van der Waals surface area contributed by atoms with Gasteiger partial charge in [0.15, 0.2) is 17.3 Å². The number of hydrogen-bond acceptors (Lipinski definition) is 13. The fourth-order valence-corrected chi connectivity index (χ4v) is 13.3. The van der Waals surface area contributed by atoms with Crippen molar-refractivity contribution in [1.29, 1.82) is 0 Å². The monoisotopic (exact) mass is 1050 g/mol. The maximum absolute atomic E-state index is 14.9. The van der Waals surface area contributed by atoms with Crippen molar-refractivity contribution in [2.75, 3.05) is 57.7 Å². The van der Waals surface area contributed by atoms with Gasteiger partial charge in [-0.25, -0.2) is 9.37 Å². The van der Waals surface area contributed by atoms with Crippen molar-refractivity contribution in [2.45, 2.75) is 126 Å². The lowest BCUT2D eigenvalue weighted by molar-refractivity contribution is -0.751. The molecule has 5 fully saturated rings. The van der Waals surface area contributed by atoms with Crippen LogP contribution in [0.15, 0.2) is 96.2 Å². The summed E-state index contributed by atoms with van der Waals surface area (Å²) < 4.78 is 35.5. The Kier molecular flexibility index (Phi) is 14.7. The number of carbonyl (C=O) groups excluding carboxylic acids is 1. The summed E-state index contributed by atoms with van der Waals surface area (Å²) in [6.45, 7) is 10.8. The van der Waals surface area contributed by atoms with Gasteiger partial charge in [-0.15, -0.1) is 0 Å². The van der Waals surface area contributed by atoms with Crippen LogP contribution in [0.25, 0.3) is 11.0 Å². The molecule has 1 spiro atoms. The van der Waals surface area contributed by atoms with Gasteiger partial charge in [-0.1, -0.05) is 50.2 Å². The number of aliphatic hydroxyl groups is 1. The summed E-state index contributed by atoms with van der Waals surface area (Å²) in [5.74, 6) is 1.83. The number of aromatic amines is 1. The first-order chi connectivity index (χ1) is 36.7. The summed E-state index contributed by atoms with van der Waals surface area (Å²) >= 11 is 1.06. The van der Waals surface area contributed by atoms with E-state index in [1.165, 1.54) is 62.4 Å². The van der Waals surface area contributed by atoms with Crippen molar-refractivity contribution in [3.63, 3.8) is 0 Å². The van der Waals surface area contributed by atoms with E-state index in [0.29, 0.717) is 64.6 Å². The number of rotatable bonds is 17. The average Bonchev–Trinajstić information content (AvgIpc) is 4.18. The molecule has 3 aromatic carbocycles. The van der Waals surface area contributed by atoms with Crippen molar-refractivity contribution >= 4 is 46.1 Å². The first-order valence-corrected chi connectivity index (χ1v) is 27.9. The molecule has 15 nitrogen and oxygen atoms in total. The minimum Gasteiger partial charge on any atom is -0.629 e. The second-order valence-electron chi connectivity index (χ2n) is 22.7. The van der Waals surface area contributed by atoms with Gasteiger partial charge in [-0.3, -0.25) is 19.3 Å². The number of ether oxygens (including phenoxy) is 3. The quantitative estimate of drug-likeness (QED) is 0.0433. The van der Waals surface area contributed by atoms with E-state index in [2.05, 4.69) is 102 Å². The largest absolute Gasteiger partial charge is 0.629 e. The minimum absolute atomic E-state index is 0.137. The van der Waals surface area contributed by atoms with Crippen LogP contribution >= 0.6 is 11.9 Å². The number of nitrogens with zero attached hydrogens (tertiary/aromatic N) is 5. The van der Waals surface area contributed by atoms with Crippen molar-refractivity contribution in [1.82, 2.24) is 29.5 Å². The van der Waals surface area contributed by atoms with Crippen LogP contribution in [0.5, 0.6) is 23.1 Å². The first kappa shape index (κ1) is 52.1. The summed E-state index contributed by atoms with van der Waals surface area (Å²) in [5, 5.41) is 26.7. The number of hydrogen-bond donors (Lipinski definition) is 5. The molecule has 0 radical (unpaired) electrons. The van der Waals surface area contributed by atoms with E-state index in [1.807, 2.05) is 19.1 Å². The fourth-order valence-electron chi connectivity index (χ4n) is 12.7. The van der Waals surface area contributed by atoms with Gasteiger partial charge in [-0.2, -0.15) is 4.98 Å². The highest BCUT2D eigenvalue weighted by Crippen LogP contribution is 2.57. The van der Waals surface area contributed by atoms with Crippen LogP contribution in [-0.2, 0) is 6.54 Å². The summed E-state index contributed by atoms with van der Waals surface area (Å²) in [6.07, 6.45) is 11.8. The average molecular weight is 1050 g/mol. The molecule has 0 bridgehead atoms. The molecule has 76 heavy (non-hydrogen) atoms. The Morgan fingerprint density at radius 1 is 0.987 bits per heavy atom. The van der Waals surface area contributed by atoms with Crippen molar-refractivity contribution in [3.8, 4) is 23.1 Å². The highest BCUT2D eigenvalue weighted by atomic mass is 32.2. The summed E-state index contributed by atoms with van der Waals surface area (Å²) in [5.41, 5.74) is 5.80. The Labute approximate surface area is 449 Å². The van der Waals surface area contributed by atoms with Gasteiger partial charge in [0.25, 0.3) is 11.8 Å². The zero-order valence-electron chi connectivity index (χ0n) is 44.5. The molecule has 5 heterocycles. The van der Waals surface area contributed by atoms with Gasteiger partial charge >= 0.3 is 0 Å². The van der Waals surface area contributed by atoms with Gasteiger partial charge in [0.05, 0.1) is 42.7 Å². The van der Waals surface area contributed by atoms with Crippen molar-refractivity contribution in [3.05, 3.63) is 125 Å². The third-order valence-electron chi connectivity index (χ3n) is 17.2. The number of piperazine rings is 1. The molecule has 5 aliphatic rings. The Morgan fingerprint density at radius 3 is 2.47 bits per heavy atom. The number of amides is 1. The third-order valence-corrected chi connectivity index (χ3v) is 18.0. The van der Waals surface area contributed by atoms with Gasteiger partial charge in [0.1, 0.15) is 23.0 Å². The maximum atomic E-state index is 14.9. The van der Waals surface area contributed by atoms with E-state index in [1.54, 1.807) is 25.4 Å². The van der Waals surface area contributed by atoms with Crippen LogP contribution in [0, 0.1) is 22.4 Å². The van der Waals surface area contributed by atoms with E-state index in [9.17, 15) is 19.5 Å². The fraction of sp³-hybridized carbons (Fsp3) is 0.475. The number of carbonyl (C=O) groups is 1. The van der Waals surface area contributed by atoms with Gasteiger partial charge < -0.3 is 44.8 Å². The number of fused-ring (bicyclic) bond motifs is 2. The Bertz CT molecular complexity index is 3040. The Hall–Kier alpha value is -5.95. The van der Waals surface area contributed by atoms with Crippen molar-refractivity contribution < 1.29 is 33.6 Å². The molecule has 5 N–H and O–H groups in total. The second-order valence-corrected chi connectivity index (χ2v) is 23.6. The summed E-state index contributed by atoms with van der Waals surface area (Å²) in [7, 11) is 4.69. The minimum atomic E-state index is -0.624. The van der Waals surface area contributed by atoms with Crippen LogP contribution in [-0.4, -0.2) is 107 Å². The lowest BCUT2D eigenvalue weighted by atomic mass is 9.59.